The molecule has 1 N–H and O–H groups in total. The summed E-state index contributed by atoms with van der Waals surface area (Å²) in [6.45, 7) is 2.42. The van der Waals surface area contributed by atoms with Crippen molar-refractivity contribution in [2.24, 2.45) is 0 Å². The summed E-state index contributed by atoms with van der Waals surface area (Å²) in [4.78, 5) is 12.0. The van der Waals surface area contributed by atoms with Gasteiger partial charge in [0.2, 0.25) is 0 Å². The highest BCUT2D eigenvalue weighted by Gasteiger charge is 2.13. The van der Waals surface area contributed by atoms with Gasteiger partial charge in [-0.3, -0.25) is 4.79 Å². The zero-order valence-corrected chi connectivity index (χ0v) is 11.6. The Morgan fingerprint density at radius 2 is 2.11 bits per heavy atom. The molecule has 1 aromatic carbocycles. The number of nitrogens with one attached hydrogen (secondary N) is 1. The molecule has 100 valence electrons. The van der Waals surface area contributed by atoms with Gasteiger partial charge >= 0.3 is 0 Å². The first-order chi connectivity index (χ1) is 8.58. The number of rotatable bonds is 6. The second kappa shape index (κ2) is 7.11. The molecule has 0 radical (unpaired) electrons. The van der Waals surface area contributed by atoms with Gasteiger partial charge in [-0.1, -0.05) is 0 Å². The van der Waals surface area contributed by atoms with Crippen LogP contribution in [0.25, 0.3) is 0 Å². The van der Waals surface area contributed by atoms with Crippen molar-refractivity contribution in [1.29, 1.82) is 0 Å². The van der Waals surface area contributed by atoms with Gasteiger partial charge in [0, 0.05) is 11.9 Å². The summed E-state index contributed by atoms with van der Waals surface area (Å²) in [6, 6.07) is 5.10. The smallest absolute Gasteiger partial charge is 0.255 e. The number of hydrogen-bond acceptors (Lipinski definition) is 3. The lowest BCUT2D eigenvalue weighted by Gasteiger charge is -2.11. The number of alkyl halides is 1. The van der Waals surface area contributed by atoms with Crippen molar-refractivity contribution in [2.75, 3.05) is 20.8 Å². The van der Waals surface area contributed by atoms with Crippen LogP contribution >= 0.6 is 11.6 Å². The first kappa shape index (κ1) is 14.6. The molecule has 1 unspecified atom stereocenters. The van der Waals surface area contributed by atoms with E-state index in [0.717, 1.165) is 6.42 Å². The molecule has 1 rings (SSSR count). The lowest BCUT2D eigenvalue weighted by atomic mass is 10.1. The zero-order chi connectivity index (χ0) is 13.5. The molecule has 5 heteroatoms. The topological polar surface area (TPSA) is 47.6 Å². The average molecular weight is 272 g/mol. The van der Waals surface area contributed by atoms with Crippen molar-refractivity contribution in [1.82, 2.24) is 5.32 Å². The number of hydrogen-bond donors (Lipinski definition) is 1. The third kappa shape index (κ3) is 4.11. The number of carbonyl (C=O) groups is 1. The predicted octanol–water partition coefficient (Wildman–Crippen LogP) is 2.45. The summed E-state index contributed by atoms with van der Waals surface area (Å²) in [5.41, 5.74) is 0.457. The number of halogens is 1. The van der Waals surface area contributed by atoms with E-state index in [-0.39, 0.29) is 11.3 Å². The minimum atomic E-state index is -0.192. The minimum absolute atomic E-state index is 0.0394. The highest BCUT2D eigenvalue weighted by molar-refractivity contribution is 6.20. The van der Waals surface area contributed by atoms with E-state index in [1.165, 1.54) is 7.11 Å². The van der Waals surface area contributed by atoms with Crippen LogP contribution in [0.2, 0.25) is 0 Å². The van der Waals surface area contributed by atoms with Gasteiger partial charge in [0.15, 0.2) is 0 Å². The van der Waals surface area contributed by atoms with E-state index < -0.39 is 0 Å². The molecule has 0 aliphatic heterocycles. The average Bonchev–Trinajstić information content (AvgIpc) is 2.37. The number of benzene rings is 1. The van der Waals surface area contributed by atoms with Crippen molar-refractivity contribution < 1.29 is 14.3 Å². The van der Waals surface area contributed by atoms with E-state index in [1.54, 1.807) is 25.3 Å². The van der Waals surface area contributed by atoms with E-state index in [9.17, 15) is 4.79 Å². The summed E-state index contributed by atoms with van der Waals surface area (Å²) in [5.74, 6) is 0.946. The Hall–Kier alpha value is -1.42. The first-order valence-electron chi connectivity index (χ1n) is 5.72. The largest absolute Gasteiger partial charge is 0.497 e. The fourth-order valence-electron chi connectivity index (χ4n) is 1.47. The molecular weight excluding hydrogens is 254 g/mol. The van der Waals surface area contributed by atoms with Crippen molar-refractivity contribution >= 4 is 17.5 Å². The van der Waals surface area contributed by atoms with Crippen LogP contribution < -0.4 is 14.8 Å². The Balaban J connectivity index is 2.76. The standard InChI is InChI=1S/C13H18ClNO3/c1-9(14)6-7-15-13(16)11-8-10(17-2)4-5-12(11)18-3/h4-5,8-9H,6-7H2,1-3H3,(H,15,16). The minimum Gasteiger partial charge on any atom is -0.497 e. The van der Waals surface area contributed by atoms with Gasteiger partial charge in [-0.2, -0.15) is 0 Å². The Bertz CT molecular complexity index is 407. The van der Waals surface area contributed by atoms with E-state index in [2.05, 4.69) is 5.32 Å². The van der Waals surface area contributed by atoms with Crippen LogP contribution in [0.5, 0.6) is 11.5 Å². The third-order valence-electron chi connectivity index (χ3n) is 2.48. The fraction of sp³-hybridized carbons (Fsp3) is 0.462. The van der Waals surface area contributed by atoms with Gasteiger partial charge in [0.1, 0.15) is 11.5 Å². The molecule has 0 bridgehead atoms. The number of carbonyl (C=O) groups excluding carboxylic acids is 1. The molecule has 0 aromatic heterocycles. The molecule has 0 aliphatic rings. The molecular formula is C13H18ClNO3. The molecule has 0 saturated heterocycles. The summed E-state index contributed by atoms with van der Waals surface area (Å²) in [6.07, 6.45) is 0.722. The normalized spacial score (nSPS) is 11.8. The van der Waals surface area contributed by atoms with Crippen molar-refractivity contribution in [2.45, 2.75) is 18.7 Å². The van der Waals surface area contributed by atoms with Crippen molar-refractivity contribution in [3.8, 4) is 11.5 Å². The molecule has 1 atom stereocenters. The molecule has 18 heavy (non-hydrogen) atoms. The molecule has 0 heterocycles. The van der Waals surface area contributed by atoms with Crippen LogP contribution in [0, 0.1) is 0 Å². The summed E-state index contributed by atoms with van der Waals surface area (Å²) < 4.78 is 10.2. The number of methoxy groups -OCH3 is 2. The number of amides is 1. The second-order valence-corrected chi connectivity index (χ2v) is 4.64. The van der Waals surface area contributed by atoms with Crippen LogP contribution in [0.15, 0.2) is 18.2 Å². The second-order valence-electron chi connectivity index (χ2n) is 3.89. The van der Waals surface area contributed by atoms with Gasteiger partial charge < -0.3 is 14.8 Å². The summed E-state index contributed by atoms with van der Waals surface area (Å²) in [5, 5.41) is 2.84. The maximum atomic E-state index is 12.0. The lowest BCUT2D eigenvalue weighted by molar-refractivity contribution is 0.0950. The highest BCUT2D eigenvalue weighted by atomic mass is 35.5. The first-order valence-corrected chi connectivity index (χ1v) is 6.16. The maximum Gasteiger partial charge on any atom is 0.255 e. The third-order valence-corrected chi connectivity index (χ3v) is 2.70. The molecule has 0 aliphatic carbocycles. The molecule has 0 fully saturated rings. The Morgan fingerprint density at radius 1 is 1.39 bits per heavy atom. The Labute approximate surface area is 112 Å². The van der Waals surface area contributed by atoms with Gasteiger partial charge in [-0.25, -0.2) is 0 Å². The van der Waals surface area contributed by atoms with Crippen LogP contribution in [-0.2, 0) is 0 Å². The quantitative estimate of drug-likeness (QED) is 0.809. The van der Waals surface area contributed by atoms with E-state index >= 15 is 0 Å². The molecule has 0 spiro atoms. The van der Waals surface area contributed by atoms with E-state index in [1.807, 2.05) is 6.92 Å². The van der Waals surface area contributed by atoms with Gasteiger partial charge in [0.25, 0.3) is 5.91 Å². The highest BCUT2D eigenvalue weighted by Crippen LogP contribution is 2.23. The Kier molecular flexibility index (Phi) is 5.78. The summed E-state index contributed by atoms with van der Waals surface area (Å²) >= 11 is 5.82. The van der Waals surface area contributed by atoms with Crippen molar-refractivity contribution in [3.05, 3.63) is 23.8 Å². The van der Waals surface area contributed by atoms with Crippen LogP contribution in [0.1, 0.15) is 23.7 Å². The van der Waals surface area contributed by atoms with Gasteiger partial charge in [0.05, 0.1) is 19.8 Å². The van der Waals surface area contributed by atoms with Crippen LogP contribution in [-0.4, -0.2) is 32.0 Å². The Morgan fingerprint density at radius 3 is 2.67 bits per heavy atom. The van der Waals surface area contributed by atoms with Crippen molar-refractivity contribution in [3.63, 3.8) is 0 Å². The fourth-order valence-corrected chi connectivity index (χ4v) is 1.58. The van der Waals surface area contributed by atoms with Crippen LogP contribution in [0.4, 0.5) is 0 Å². The van der Waals surface area contributed by atoms with E-state index in [4.69, 9.17) is 21.1 Å². The maximum absolute atomic E-state index is 12.0. The molecule has 1 amide bonds. The summed E-state index contributed by atoms with van der Waals surface area (Å²) in [7, 11) is 3.08. The zero-order valence-electron chi connectivity index (χ0n) is 10.8. The van der Waals surface area contributed by atoms with Gasteiger partial charge in [-0.15, -0.1) is 11.6 Å². The molecule has 4 nitrogen and oxygen atoms in total. The van der Waals surface area contributed by atoms with Crippen LogP contribution in [0.3, 0.4) is 0 Å². The monoisotopic (exact) mass is 271 g/mol. The predicted molar refractivity (Wildman–Crippen MR) is 71.8 cm³/mol. The molecule has 1 aromatic rings. The van der Waals surface area contributed by atoms with E-state index in [0.29, 0.717) is 23.6 Å². The lowest BCUT2D eigenvalue weighted by Crippen LogP contribution is -2.26. The van der Waals surface area contributed by atoms with Gasteiger partial charge in [-0.05, 0) is 31.5 Å². The molecule has 0 saturated carbocycles. The number of ether oxygens (including phenoxy) is 2. The SMILES string of the molecule is COc1ccc(OC)c(C(=O)NCCC(C)Cl)c1.